The van der Waals surface area contributed by atoms with E-state index in [-0.39, 0.29) is 5.54 Å². The monoisotopic (exact) mass is 258 g/mol. The molecule has 1 amide bonds. The fourth-order valence-corrected chi connectivity index (χ4v) is 3.08. The molecule has 0 spiro atoms. The Morgan fingerprint density at radius 3 is 2.76 bits per heavy atom. The molecule has 0 saturated carbocycles. The molecule has 0 bridgehead atoms. The van der Waals surface area contributed by atoms with Gasteiger partial charge in [0.2, 0.25) is 5.91 Å². The van der Waals surface area contributed by atoms with Crippen LogP contribution >= 0.6 is 11.8 Å². The third-order valence-corrected chi connectivity index (χ3v) is 4.31. The van der Waals surface area contributed by atoms with Gasteiger partial charge >= 0.3 is 0 Å². The maximum atomic E-state index is 12.0. The summed E-state index contributed by atoms with van der Waals surface area (Å²) in [6.45, 7) is 11.2. The van der Waals surface area contributed by atoms with Crippen molar-refractivity contribution in [1.82, 2.24) is 10.2 Å². The Morgan fingerprint density at radius 2 is 2.18 bits per heavy atom. The summed E-state index contributed by atoms with van der Waals surface area (Å²) < 4.78 is 0. The van der Waals surface area contributed by atoms with Crippen molar-refractivity contribution in [1.29, 1.82) is 0 Å². The lowest BCUT2D eigenvalue weighted by molar-refractivity contribution is -0.131. The molecule has 1 unspecified atom stereocenters. The SMILES string of the molecule is CCC1CN(C(=O)CCNC(C)(C)C)CCS1. The number of thioether (sulfide) groups is 1. The molecule has 1 N–H and O–H groups in total. The van der Waals surface area contributed by atoms with Crippen molar-refractivity contribution < 1.29 is 4.79 Å². The Kier molecular flexibility index (Phi) is 5.80. The summed E-state index contributed by atoms with van der Waals surface area (Å²) in [6, 6.07) is 0. The van der Waals surface area contributed by atoms with E-state index in [0.717, 1.165) is 31.8 Å². The predicted molar refractivity (Wildman–Crippen MR) is 75.5 cm³/mol. The molecule has 1 aliphatic heterocycles. The first-order valence-electron chi connectivity index (χ1n) is 6.57. The van der Waals surface area contributed by atoms with Crippen LogP contribution in [0, 0.1) is 0 Å². The van der Waals surface area contributed by atoms with Crippen LogP contribution in [0.1, 0.15) is 40.5 Å². The van der Waals surface area contributed by atoms with Gasteiger partial charge in [-0.2, -0.15) is 11.8 Å². The number of nitrogens with one attached hydrogen (secondary N) is 1. The molecular formula is C13H26N2OS. The maximum Gasteiger partial charge on any atom is 0.223 e. The smallest absolute Gasteiger partial charge is 0.223 e. The second kappa shape index (κ2) is 6.64. The zero-order valence-corrected chi connectivity index (χ0v) is 12.4. The van der Waals surface area contributed by atoms with Gasteiger partial charge in [-0.15, -0.1) is 0 Å². The van der Waals surface area contributed by atoms with Gasteiger partial charge in [0.15, 0.2) is 0 Å². The highest BCUT2D eigenvalue weighted by molar-refractivity contribution is 8.00. The quantitative estimate of drug-likeness (QED) is 0.838. The van der Waals surface area contributed by atoms with Crippen LogP contribution in [-0.2, 0) is 4.79 Å². The van der Waals surface area contributed by atoms with Crippen molar-refractivity contribution in [2.75, 3.05) is 25.4 Å². The molecule has 0 aromatic carbocycles. The predicted octanol–water partition coefficient (Wildman–Crippen LogP) is 2.12. The first-order valence-corrected chi connectivity index (χ1v) is 7.61. The molecule has 4 heteroatoms. The molecule has 1 atom stereocenters. The summed E-state index contributed by atoms with van der Waals surface area (Å²) in [5, 5.41) is 4.01. The second-order valence-corrected chi connectivity index (χ2v) is 7.08. The van der Waals surface area contributed by atoms with Gasteiger partial charge in [-0.1, -0.05) is 6.92 Å². The number of carbonyl (C=O) groups excluding carboxylic acids is 1. The average molecular weight is 258 g/mol. The minimum absolute atomic E-state index is 0.101. The van der Waals surface area contributed by atoms with E-state index in [1.807, 2.05) is 16.7 Å². The fraction of sp³-hybridized carbons (Fsp3) is 0.923. The molecule has 17 heavy (non-hydrogen) atoms. The van der Waals surface area contributed by atoms with Crippen molar-refractivity contribution in [3.8, 4) is 0 Å². The molecule has 3 nitrogen and oxygen atoms in total. The van der Waals surface area contributed by atoms with E-state index in [1.54, 1.807) is 0 Å². The zero-order chi connectivity index (χ0) is 12.9. The van der Waals surface area contributed by atoms with E-state index < -0.39 is 0 Å². The Balaban J connectivity index is 2.27. The fourth-order valence-electron chi connectivity index (χ4n) is 1.90. The largest absolute Gasteiger partial charge is 0.341 e. The summed E-state index contributed by atoms with van der Waals surface area (Å²) in [6.07, 6.45) is 1.78. The molecule has 1 rings (SSSR count). The van der Waals surface area contributed by atoms with Crippen molar-refractivity contribution in [2.45, 2.75) is 51.3 Å². The Morgan fingerprint density at radius 1 is 1.47 bits per heavy atom. The molecule has 0 radical (unpaired) electrons. The van der Waals surface area contributed by atoms with Gasteiger partial charge in [0, 0.05) is 42.6 Å². The molecule has 1 heterocycles. The molecule has 1 saturated heterocycles. The average Bonchev–Trinajstić information content (AvgIpc) is 2.27. The normalized spacial score (nSPS) is 21.6. The van der Waals surface area contributed by atoms with Gasteiger partial charge in [-0.25, -0.2) is 0 Å². The summed E-state index contributed by atoms with van der Waals surface area (Å²) in [5.74, 6) is 1.40. The van der Waals surface area contributed by atoms with E-state index in [1.165, 1.54) is 0 Å². The number of amides is 1. The standard InChI is InChI=1S/C13H26N2OS/c1-5-11-10-15(8-9-17-11)12(16)6-7-14-13(2,3)4/h11,14H,5-10H2,1-4H3. The van der Waals surface area contributed by atoms with Crippen LogP contribution < -0.4 is 5.32 Å². The highest BCUT2D eigenvalue weighted by atomic mass is 32.2. The Hall–Kier alpha value is -0.220. The first kappa shape index (κ1) is 14.8. The highest BCUT2D eigenvalue weighted by Gasteiger charge is 2.22. The molecule has 0 aliphatic carbocycles. The summed E-state index contributed by atoms with van der Waals surface area (Å²) in [4.78, 5) is 14.1. The van der Waals surface area contributed by atoms with Gasteiger partial charge in [-0.05, 0) is 27.2 Å². The third kappa shape index (κ3) is 5.77. The van der Waals surface area contributed by atoms with Gasteiger partial charge in [0.1, 0.15) is 0 Å². The van der Waals surface area contributed by atoms with Crippen LogP contribution in [0.25, 0.3) is 0 Å². The van der Waals surface area contributed by atoms with Crippen LogP contribution in [0.5, 0.6) is 0 Å². The molecule has 0 aromatic heterocycles. The van der Waals surface area contributed by atoms with Crippen LogP contribution in [0.2, 0.25) is 0 Å². The zero-order valence-electron chi connectivity index (χ0n) is 11.6. The lowest BCUT2D eigenvalue weighted by atomic mass is 10.1. The highest BCUT2D eigenvalue weighted by Crippen LogP contribution is 2.21. The minimum Gasteiger partial charge on any atom is -0.341 e. The van der Waals surface area contributed by atoms with Crippen molar-refractivity contribution >= 4 is 17.7 Å². The molecule has 1 aliphatic rings. The lowest BCUT2D eigenvalue weighted by Gasteiger charge is -2.32. The maximum absolute atomic E-state index is 12.0. The van der Waals surface area contributed by atoms with Gasteiger partial charge < -0.3 is 10.2 Å². The molecule has 100 valence electrons. The number of hydrogen-bond acceptors (Lipinski definition) is 3. The third-order valence-electron chi connectivity index (χ3n) is 2.94. The summed E-state index contributed by atoms with van der Waals surface area (Å²) in [5.41, 5.74) is 0.101. The second-order valence-electron chi connectivity index (χ2n) is 5.67. The van der Waals surface area contributed by atoms with Crippen molar-refractivity contribution in [3.05, 3.63) is 0 Å². The van der Waals surface area contributed by atoms with Crippen LogP contribution in [0.15, 0.2) is 0 Å². The first-order chi connectivity index (χ1) is 7.92. The number of carbonyl (C=O) groups is 1. The number of hydrogen-bond donors (Lipinski definition) is 1. The minimum atomic E-state index is 0.101. The summed E-state index contributed by atoms with van der Waals surface area (Å²) in [7, 11) is 0. The Labute approximate surface area is 110 Å². The van der Waals surface area contributed by atoms with Crippen LogP contribution in [-0.4, -0.2) is 47.0 Å². The molecule has 1 fully saturated rings. The van der Waals surface area contributed by atoms with Crippen molar-refractivity contribution in [3.63, 3.8) is 0 Å². The topological polar surface area (TPSA) is 32.3 Å². The van der Waals surface area contributed by atoms with E-state index in [2.05, 4.69) is 33.0 Å². The molecule has 0 aromatic rings. The lowest BCUT2D eigenvalue weighted by Crippen LogP contribution is -2.44. The van der Waals surface area contributed by atoms with Gasteiger partial charge in [0.25, 0.3) is 0 Å². The molecular weight excluding hydrogens is 232 g/mol. The van der Waals surface area contributed by atoms with E-state index in [9.17, 15) is 4.79 Å². The summed E-state index contributed by atoms with van der Waals surface area (Å²) >= 11 is 2.00. The van der Waals surface area contributed by atoms with Crippen LogP contribution in [0.3, 0.4) is 0 Å². The van der Waals surface area contributed by atoms with Gasteiger partial charge in [0.05, 0.1) is 0 Å². The van der Waals surface area contributed by atoms with E-state index >= 15 is 0 Å². The van der Waals surface area contributed by atoms with E-state index in [4.69, 9.17) is 0 Å². The number of rotatable bonds is 4. The van der Waals surface area contributed by atoms with Crippen LogP contribution in [0.4, 0.5) is 0 Å². The van der Waals surface area contributed by atoms with Gasteiger partial charge in [-0.3, -0.25) is 4.79 Å². The van der Waals surface area contributed by atoms with E-state index in [0.29, 0.717) is 17.6 Å². The number of nitrogens with zero attached hydrogens (tertiary/aromatic N) is 1. The van der Waals surface area contributed by atoms with Crippen molar-refractivity contribution in [2.24, 2.45) is 0 Å². The Bertz CT molecular complexity index is 250.